The maximum absolute atomic E-state index is 11.9. The summed E-state index contributed by atoms with van der Waals surface area (Å²) in [5.41, 5.74) is -0.513. The lowest BCUT2D eigenvalue weighted by Gasteiger charge is -2.16. The second-order valence-corrected chi connectivity index (χ2v) is 7.60. The van der Waals surface area contributed by atoms with Gasteiger partial charge in [0.25, 0.3) is 0 Å². The zero-order valence-electron chi connectivity index (χ0n) is 11.4. The lowest BCUT2D eigenvalue weighted by atomic mass is 9.90. The van der Waals surface area contributed by atoms with Gasteiger partial charge in [-0.15, -0.1) is 0 Å². The molecule has 0 rings (SSSR count). The summed E-state index contributed by atoms with van der Waals surface area (Å²) in [6, 6.07) is 2.13. The van der Waals surface area contributed by atoms with Gasteiger partial charge in [0, 0.05) is 0 Å². The molecule has 0 N–H and O–H groups in total. The summed E-state index contributed by atoms with van der Waals surface area (Å²) < 4.78 is 28.2. The molecule has 0 spiro atoms. The van der Waals surface area contributed by atoms with Crippen molar-refractivity contribution >= 4 is 15.8 Å². The van der Waals surface area contributed by atoms with Crippen LogP contribution < -0.4 is 0 Å². The van der Waals surface area contributed by atoms with Gasteiger partial charge in [-0.2, -0.15) is 5.26 Å². The number of carbonyl (C=O) groups is 1. The molecule has 0 bridgehead atoms. The van der Waals surface area contributed by atoms with E-state index in [4.69, 9.17) is 5.26 Å². The molecule has 0 saturated heterocycles. The third kappa shape index (κ3) is 6.01. The Morgan fingerprint density at radius 1 is 1.44 bits per heavy atom. The Labute approximate surface area is 109 Å². The largest absolute Gasteiger partial charge is 0.469 e. The van der Waals surface area contributed by atoms with E-state index in [0.717, 1.165) is 0 Å². The molecule has 0 aliphatic rings. The fraction of sp³-hybridized carbons (Fsp3) is 0.833. The van der Waals surface area contributed by atoms with Gasteiger partial charge in [0.15, 0.2) is 9.84 Å². The number of hydrogen-bond donors (Lipinski definition) is 0. The molecule has 5 nitrogen and oxygen atoms in total. The van der Waals surface area contributed by atoms with Gasteiger partial charge in [0.05, 0.1) is 36.0 Å². The quantitative estimate of drug-likeness (QED) is 0.660. The van der Waals surface area contributed by atoms with Gasteiger partial charge in [-0.3, -0.25) is 4.79 Å². The van der Waals surface area contributed by atoms with Gasteiger partial charge in [0.1, 0.15) is 0 Å². The van der Waals surface area contributed by atoms with Crippen molar-refractivity contribution in [2.24, 2.45) is 5.41 Å². The van der Waals surface area contributed by atoms with E-state index in [-0.39, 0.29) is 12.2 Å². The molecule has 0 aliphatic carbocycles. The summed E-state index contributed by atoms with van der Waals surface area (Å²) in [6.07, 6.45) is 0.822. The van der Waals surface area contributed by atoms with Crippen molar-refractivity contribution in [2.45, 2.75) is 45.3 Å². The Morgan fingerprint density at radius 2 is 2.00 bits per heavy atom. The first-order valence-corrected chi connectivity index (χ1v) is 7.56. The highest BCUT2D eigenvalue weighted by Crippen LogP contribution is 2.22. The van der Waals surface area contributed by atoms with E-state index in [1.54, 1.807) is 13.8 Å². The molecule has 0 aromatic carbocycles. The standard InChI is InChI=1S/C12H21NO4S/c1-10(8-11(14)17-4)18(15,16)7-5-6-12(2,3)9-13/h10H,5-8H2,1-4H3. The number of carbonyl (C=O) groups excluding carboxylic acids is 1. The van der Waals surface area contributed by atoms with Crippen molar-refractivity contribution in [3.63, 3.8) is 0 Å². The lowest BCUT2D eigenvalue weighted by molar-refractivity contribution is -0.140. The first-order chi connectivity index (χ1) is 8.14. The third-order valence-corrected chi connectivity index (χ3v) is 5.08. The van der Waals surface area contributed by atoms with E-state index in [1.165, 1.54) is 14.0 Å². The number of nitriles is 1. The number of rotatable bonds is 7. The van der Waals surface area contributed by atoms with E-state index in [9.17, 15) is 13.2 Å². The van der Waals surface area contributed by atoms with Crippen LogP contribution in [0.5, 0.6) is 0 Å². The molecule has 0 fully saturated rings. The van der Waals surface area contributed by atoms with Crippen molar-refractivity contribution in [1.29, 1.82) is 5.26 Å². The molecule has 6 heteroatoms. The fourth-order valence-corrected chi connectivity index (χ4v) is 2.76. The minimum absolute atomic E-state index is 0.00370. The average molecular weight is 275 g/mol. The Balaban J connectivity index is 4.33. The van der Waals surface area contributed by atoms with Crippen LogP contribution in [0, 0.1) is 16.7 Å². The van der Waals surface area contributed by atoms with Crippen LogP contribution in [0.15, 0.2) is 0 Å². The maximum atomic E-state index is 11.9. The van der Waals surface area contributed by atoms with Crippen molar-refractivity contribution in [3.8, 4) is 6.07 Å². The highest BCUT2D eigenvalue weighted by molar-refractivity contribution is 7.92. The van der Waals surface area contributed by atoms with Crippen LogP contribution in [0.3, 0.4) is 0 Å². The minimum Gasteiger partial charge on any atom is -0.469 e. The van der Waals surface area contributed by atoms with E-state index in [0.29, 0.717) is 12.8 Å². The van der Waals surface area contributed by atoms with E-state index in [1.807, 2.05) is 0 Å². The number of nitrogens with zero attached hydrogens (tertiary/aromatic N) is 1. The smallest absolute Gasteiger partial charge is 0.306 e. The van der Waals surface area contributed by atoms with Gasteiger partial charge in [-0.1, -0.05) is 0 Å². The molecule has 104 valence electrons. The summed E-state index contributed by atoms with van der Waals surface area (Å²) in [7, 11) is -2.07. The molecule has 0 aliphatic heterocycles. The predicted molar refractivity (Wildman–Crippen MR) is 68.5 cm³/mol. The predicted octanol–water partition coefficient (Wildman–Crippen LogP) is 1.68. The first-order valence-electron chi connectivity index (χ1n) is 5.84. The Hall–Kier alpha value is -1.09. The maximum Gasteiger partial charge on any atom is 0.306 e. The van der Waals surface area contributed by atoms with Gasteiger partial charge >= 0.3 is 5.97 Å². The lowest BCUT2D eigenvalue weighted by Crippen LogP contribution is -2.25. The van der Waals surface area contributed by atoms with Crippen LogP contribution in [-0.2, 0) is 19.4 Å². The Bertz CT molecular complexity index is 420. The summed E-state index contributed by atoms with van der Waals surface area (Å²) in [5, 5.41) is 8.08. The first kappa shape index (κ1) is 16.9. The van der Waals surface area contributed by atoms with Crippen LogP contribution >= 0.6 is 0 Å². The Kier molecular flexibility index (Phi) is 6.33. The number of esters is 1. The molecular formula is C12H21NO4S. The highest BCUT2D eigenvalue weighted by Gasteiger charge is 2.25. The molecule has 0 heterocycles. The average Bonchev–Trinajstić information content (AvgIpc) is 2.28. The van der Waals surface area contributed by atoms with Crippen LogP contribution in [0.1, 0.15) is 40.0 Å². The molecule has 1 atom stereocenters. The zero-order chi connectivity index (χ0) is 14.4. The number of sulfone groups is 1. The number of hydrogen-bond acceptors (Lipinski definition) is 5. The SMILES string of the molecule is COC(=O)CC(C)S(=O)(=O)CCCC(C)(C)C#N. The molecule has 0 saturated carbocycles. The van der Waals surface area contributed by atoms with E-state index < -0.39 is 26.5 Å². The van der Waals surface area contributed by atoms with Crippen LogP contribution in [0.2, 0.25) is 0 Å². The van der Waals surface area contributed by atoms with Gasteiger partial charge in [0.2, 0.25) is 0 Å². The monoisotopic (exact) mass is 275 g/mol. The van der Waals surface area contributed by atoms with Crippen molar-refractivity contribution in [2.75, 3.05) is 12.9 Å². The van der Waals surface area contributed by atoms with Crippen LogP contribution in [0.4, 0.5) is 0 Å². The summed E-state index contributed by atoms with van der Waals surface area (Å²) in [5.74, 6) is -0.528. The molecule has 0 aromatic heterocycles. The molecule has 0 aromatic rings. The summed E-state index contributed by atoms with van der Waals surface area (Å²) in [4.78, 5) is 11.0. The molecule has 0 radical (unpaired) electrons. The molecule has 0 amide bonds. The second-order valence-electron chi connectivity index (χ2n) is 5.06. The van der Waals surface area contributed by atoms with E-state index in [2.05, 4.69) is 10.8 Å². The second kappa shape index (κ2) is 6.74. The van der Waals surface area contributed by atoms with Gasteiger partial charge < -0.3 is 4.74 Å². The Morgan fingerprint density at radius 3 is 2.44 bits per heavy atom. The topological polar surface area (TPSA) is 84.2 Å². The molecule has 1 unspecified atom stereocenters. The van der Waals surface area contributed by atoms with Crippen molar-refractivity contribution in [3.05, 3.63) is 0 Å². The third-order valence-electron chi connectivity index (χ3n) is 2.83. The number of methoxy groups -OCH3 is 1. The van der Waals surface area contributed by atoms with Gasteiger partial charge in [-0.05, 0) is 33.6 Å². The number of ether oxygens (including phenoxy) is 1. The van der Waals surface area contributed by atoms with Crippen LogP contribution in [-0.4, -0.2) is 32.5 Å². The zero-order valence-corrected chi connectivity index (χ0v) is 12.2. The van der Waals surface area contributed by atoms with Crippen molar-refractivity contribution < 1.29 is 17.9 Å². The summed E-state index contributed by atoms with van der Waals surface area (Å²) >= 11 is 0. The van der Waals surface area contributed by atoms with E-state index >= 15 is 0 Å². The molecular weight excluding hydrogens is 254 g/mol. The fourth-order valence-electron chi connectivity index (χ4n) is 1.42. The molecule has 18 heavy (non-hydrogen) atoms. The normalized spacial score (nSPS) is 13.7. The van der Waals surface area contributed by atoms with Gasteiger partial charge in [-0.25, -0.2) is 8.42 Å². The van der Waals surface area contributed by atoms with Crippen LogP contribution in [0.25, 0.3) is 0 Å². The van der Waals surface area contributed by atoms with Crippen molar-refractivity contribution in [1.82, 2.24) is 0 Å². The summed E-state index contributed by atoms with van der Waals surface area (Å²) in [6.45, 7) is 5.05. The minimum atomic E-state index is -3.31. The highest BCUT2D eigenvalue weighted by atomic mass is 32.2.